The molecule has 1 aromatic carbocycles. The topological polar surface area (TPSA) is 183 Å². The Kier molecular flexibility index (Phi) is 10.2. The molecule has 1 saturated carbocycles. The molecule has 0 bridgehead atoms. The fraction of sp³-hybridized carbons (Fsp3) is 0.465. The SMILES string of the molecule is CC(=O)c1c(C)c2cnc(Nc3ccc(N4CCN(CC5CCCN(c6cccc7c6C(=O)N(C6CCC(=O)NC6=O)C7=O)C5)CC4)cn3)nc2n(C2CCCC2)c1=O. The number of anilines is 4. The van der Waals surface area contributed by atoms with Crippen LogP contribution in [0.3, 0.4) is 0 Å². The van der Waals surface area contributed by atoms with Crippen molar-refractivity contribution in [2.75, 3.05) is 60.9 Å². The van der Waals surface area contributed by atoms with E-state index in [1.54, 1.807) is 29.8 Å². The van der Waals surface area contributed by atoms with Gasteiger partial charge in [-0.2, -0.15) is 4.98 Å². The molecule has 0 spiro atoms. The van der Waals surface area contributed by atoms with Crippen molar-refractivity contribution in [1.29, 1.82) is 0 Å². The fourth-order valence-corrected chi connectivity index (χ4v) is 9.82. The molecule has 5 aliphatic rings. The van der Waals surface area contributed by atoms with Gasteiger partial charge >= 0.3 is 0 Å². The Morgan fingerprint density at radius 1 is 0.864 bits per heavy atom. The number of ketones is 1. The van der Waals surface area contributed by atoms with Gasteiger partial charge in [0, 0.05) is 69.9 Å². The van der Waals surface area contributed by atoms with E-state index >= 15 is 0 Å². The summed E-state index contributed by atoms with van der Waals surface area (Å²) < 4.78 is 1.71. The average molecular weight is 801 g/mol. The van der Waals surface area contributed by atoms with E-state index in [0.717, 1.165) is 101 Å². The van der Waals surface area contributed by atoms with Crippen LogP contribution in [0.4, 0.5) is 23.1 Å². The summed E-state index contributed by atoms with van der Waals surface area (Å²) in [6.45, 7) is 9.15. The van der Waals surface area contributed by atoms with Gasteiger partial charge in [0.15, 0.2) is 5.78 Å². The molecule has 4 aromatic rings. The van der Waals surface area contributed by atoms with E-state index in [4.69, 9.17) is 4.98 Å². The molecule has 3 aromatic heterocycles. The van der Waals surface area contributed by atoms with Gasteiger partial charge in [-0.25, -0.2) is 9.97 Å². The summed E-state index contributed by atoms with van der Waals surface area (Å²) >= 11 is 0. The van der Waals surface area contributed by atoms with Crippen LogP contribution >= 0.6 is 0 Å². The summed E-state index contributed by atoms with van der Waals surface area (Å²) in [5.41, 5.74) is 3.47. The van der Waals surface area contributed by atoms with Crippen LogP contribution in [-0.2, 0) is 9.59 Å². The van der Waals surface area contributed by atoms with Crippen molar-refractivity contribution in [3.05, 3.63) is 75.3 Å². The number of imide groups is 2. The number of hydrogen-bond donors (Lipinski definition) is 2. The molecule has 59 heavy (non-hydrogen) atoms. The molecule has 4 amide bonds. The lowest BCUT2D eigenvalue weighted by Crippen LogP contribution is -2.54. The molecule has 2 atom stereocenters. The van der Waals surface area contributed by atoms with Crippen molar-refractivity contribution in [2.24, 2.45) is 5.92 Å². The van der Waals surface area contributed by atoms with Crippen LogP contribution in [-0.4, -0.2) is 111 Å². The lowest BCUT2D eigenvalue weighted by atomic mass is 9.95. The molecule has 16 nitrogen and oxygen atoms in total. The van der Waals surface area contributed by atoms with Crippen LogP contribution in [0.1, 0.15) is 101 Å². The first-order valence-corrected chi connectivity index (χ1v) is 20.8. The number of nitrogens with zero attached hydrogens (tertiary/aromatic N) is 8. The van der Waals surface area contributed by atoms with Crippen LogP contribution in [0.2, 0.25) is 0 Å². The second-order valence-corrected chi connectivity index (χ2v) is 16.5. The lowest BCUT2D eigenvalue weighted by molar-refractivity contribution is -0.136. The van der Waals surface area contributed by atoms with Crippen molar-refractivity contribution < 1.29 is 24.0 Å². The molecule has 4 fully saturated rings. The molecule has 2 N–H and O–H groups in total. The van der Waals surface area contributed by atoms with Gasteiger partial charge in [0.1, 0.15) is 17.5 Å². The maximum Gasteiger partial charge on any atom is 0.264 e. The Balaban J connectivity index is 0.820. The molecule has 9 rings (SSSR count). The number of hydrogen-bond acceptors (Lipinski definition) is 13. The summed E-state index contributed by atoms with van der Waals surface area (Å²) in [7, 11) is 0. The smallest absolute Gasteiger partial charge is 0.264 e. The quantitative estimate of drug-likeness (QED) is 0.183. The zero-order chi connectivity index (χ0) is 40.9. The van der Waals surface area contributed by atoms with E-state index < -0.39 is 29.7 Å². The maximum absolute atomic E-state index is 13.8. The predicted octanol–water partition coefficient (Wildman–Crippen LogP) is 4.00. The monoisotopic (exact) mass is 800 g/mol. The molecule has 1 aliphatic carbocycles. The van der Waals surface area contributed by atoms with Gasteiger partial charge in [-0.3, -0.25) is 48.5 Å². The predicted molar refractivity (Wildman–Crippen MR) is 220 cm³/mol. The number of aromatic nitrogens is 4. The highest BCUT2D eigenvalue weighted by Crippen LogP contribution is 2.37. The van der Waals surface area contributed by atoms with Crippen LogP contribution in [0.25, 0.3) is 11.0 Å². The highest BCUT2D eigenvalue weighted by atomic mass is 16.2. The van der Waals surface area contributed by atoms with Crippen molar-refractivity contribution in [1.82, 2.24) is 34.6 Å². The second kappa shape index (κ2) is 15.6. The summed E-state index contributed by atoms with van der Waals surface area (Å²) in [6, 6.07) is 8.29. The Labute approximate surface area is 341 Å². The first kappa shape index (κ1) is 38.5. The minimum absolute atomic E-state index is 0.00142. The number of rotatable bonds is 9. The molecule has 7 heterocycles. The zero-order valence-corrected chi connectivity index (χ0v) is 33.4. The highest BCUT2D eigenvalue weighted by Gasteiger charge is 2.46. The van der Waals surface area contributed by atoms with Crippen molar-refractivity contribution in [3.63, 3.8) is 0 Å². The highest BCUT2D eigenvalue weighted by molar-refractivity contribution is 6.25. The average Bonchev–Trinajstić information content (AvgIpc) is 3.85. The number of piperidine rings is 2. The number of carbonyl (C=O) groups excluding carboxylic acids is 5. The maximum atomic E-state index is 13.8. The van der Waals surface area contributed by atoms with E-state index in [1.165, 1.54) is 6.92 Å². The Bertz CT molecular complexity index is 2440. The van der Waals surface area contributed by atoms with Crippen LogP contribution in [0.15, 0.2) is 47.5 Å². The number of Topliss-reactive ketones (excluding diaryl/α,β-unsaturated/α-hetero) is 1. The van der Waals surface area contributed by atoms with Crippen molar-refractivity contribution >= 4 is 63.6 Å². The number of pyridine rings is 2. The third-order valence-electron chi connectivity index (χ3n) is 12.8. The van der Waals surface area contributed by atoms with Gasteiger partial charge in [0.05, 0.1) is 34.3 Å². The summed E-state index contributed by atoms with van der Waals surface area (Å²) in [5.74, 6) is -0.917. The Morgan fingerprint density at radius 3 is 2.39 bits per heavy atom. The number of aryl methyl sites for hydroxylation is 1. The molecule has 306 valence electrons. The number of nitrogens with one attached hydrogen (secondary N) is 2. The number of fused-ring (bicyclic) bond motifs is 2. The minimum Gasteiger partial charge on any atom is -0.371 e. The van der Waals surface area contributed by atoms with Gasteiger partial charge in [0.2, 0.25) is 17.8 Å². The van der Waals surface area contributed by atoms with E-state index in [1.807, 2.05) is 24.4 Å². The van der Waals surface area contributed by atoms with Gasteiger partial charge in [-0.1, -0.05) is 18.9 Å². The van der Waals surface area contributed by atoms with Crippen LogP contribution < -0.4 is 26.0 Å². The van der Waals surface area contributed by atoms with Gasteiger partial charge in [-0.15, -0.1) is 0 Å². The van der Waals surface area contributed by atoms with Gasteiger partial charge in [-0.05, 0) is 81.7 Å². The molecule has 2 unspecified atom stereocenters. The molecule has 4 aliphatic heterocycles. The van der Waals surface area contributed by atoms with E-state index in [2.05, 4.69) is 35.3 Å². The van der Waals surface area contributed by atoms with Crippen LogP contribution in [0.5, 0.6) is 0 Å². The number of amides is 4. The first-order valence-electron chi connectivity index (χ1n) is 20.8. The number of piperazine rings is 1. The standard InChI is InChI=1S/C43H48N10O6/c1-25-31-22-45-43(48-38(31)52(28-8-3-4-9-28)41(58)36(25)26(2)54)46-34-14-12-29(21-44-34)50-19-17-49(18-20-50)23-27-7-6-16-51(24-27)32-11-5-10-30-37(32)42(59)53(40(30)57)33-13-15-35(55)47-39(33)56/h5,10-12,14,21-22,27-28,33H,3-4,6-9,13,15-20,23-24H2,1-2H3,(H,47,55,56)(H,44,45,46,48). The summed E-state index contributed by atoms with van der Waals surface area (Å²) in [6.07, 6.45) is 9.59. The molecular formula is C43H48N10O6. The third-order valence-corrected chi connectivity index (χ3v) is 12.8. The van der Waals surface area contributed by atoms with Crippen LogP contribution in [0, 0.1) is 12.8 Å². The van der Waals surface area contributed by atoms with Crippen molar-refractivity contribution in [3.8, 4) is 0 Å². The first-order chi connectivity index (χ1) is 28.5. The summed E-state index contributed by atoms with van der Waals surface area (Å²) in [5, 5.41) is 6.18. The van der Waals surface area contributed by atoms with E-state index in [9.17, 15) is 28.8 Å². The largest absolute Gasteiger partial charge is 0.371 e. The minimum atomic E-state index is -0.991. The second-order valence-electron chi connectivity index (χ2n) is 16.5. The Hall–Kier alpha value is -6.03. The number of benzene rings is 1. The third kappa shape index (κ3) is 7.12. The molecule has 0 radical (unpaired) electrons. The number of carbonyl (C=O) groups is 5. The van der Waals surface area contributed by atoms with Crippen molar-refractivity contribution in [2.45, 2.75) is 77.3 Å². The lowest BCUT2D eigenvalue weighted by Gasteiger charge is -2.40. The fourth-order valence-electron chi connectivity index (χ4n) is 9.82. The Morgan fingerprint density at radius 2 is 1.66 bits per heavy atom. The molecule has 16 heteroatoms. The zero-order valence-electron chi connectivity index (χ0n) is 33.4. The molecular weight excluding hydrogens is 753 g/mol. The molecule has 3 saturated heterocycles. The normalized spacial score (nSPS) is 21.7. The van der Waals surface area contributed by atoms with Gasteiger partial charge in [0.25, 0.3) is 17.4 Å². The van der Waals surface area contributed by atoms with E-state index in [-0.39, 0.29) is 35.8 Å². The van der Waals surface area contributed by atoms with E-state index in [0.29, 0.717) is 45.4 Å². The summed E-state index contributed by atoms with van der Waals surface area (Å²) in [4.78, 5) is 99.7. The van der Waals surface area contributed by atoms with Gasteiger partial charge < -0.3 is 15.1 Å².